The summed E-state index contributed by atoms with van der Waals surface area (Å²) < 4.78 is 0. The Morgan fingerprint density at radius 2 is 1.64 bits per heavy atom. The van der Waals surface area contributed by atoms with Gasteiger partial charge in [0.2, 0.25) is 5.91 Å². The maximum atomic E-state index is 11.9. The van der Waals surface area contributed by atoms with Crippen molar-refractivity contribution in [2.75, 3.05) is 0 Å². The number of rotatable bonds is 3. The molecule has 4 heteroatoms. The van der Waals surface area contributed by atoms with E-state index in [1.54, 1.807) is 18.2 Å². The number of hydrogen-bond acceptors (Lipinski definition) is 2. The molecule has 136 valence electrons. The molecule has 0 saturated heterocycles. The van der Waals surface area contributed by atoms with E-state index in [9.17, 15) is 9.90 Å². The van der Waals surface area contributed by atoms with Crippen LogP contribution in [0.1, 0.15) is 21.5 Å². The van der Waals surface area contributed by atoms with Crippen LogP contribution in [-0.4, -0.2) is 16.0 Å². The summed E-state index contributed by atoms with van der Waals surface area (Å²) in [6.07, 6.45) is 0.705. The highest BCUT2D eigenvalue weighted by molar-refractivity contribution is 6.19. The van der Waals surface area contributed by atoms with E-state index in [1.165, 1.54) is 16.3 Å². The Morgan fingerprint density at radius 3 is 2.50 bits per heavy atom. The molecule has 4 N–H and O–H groups in total. The molecular formula is C24H18N2O2. The van der Waals surface area contributed by atoms with Crippen LogP contribution in [-0.2, 0) is 6.42 Å². The summed E-state index contributed by atoms with van der Waals surface area (Å²) in [6.45, 7) is 0. The summed E-state index contributed by atoms with van der Waals surface area (Å²) in [5.41, 5.74) is 9.85. The number of H-pyrrole nitrogens is 1. The molecule has 0 aliphatic rings. The Kier molecular flexibility index (Phi) is 3.59. The monoisotopic (exact) mass is 366 g/mol. The minimum Gasteiger partial charge on any atom is -0.507 e. The number of carbonyl (C=O) groups excluding carboxylic acids is 1. The summed E-state index contributed by atoms with van der Waals surface area (Å²) in [7, 11) is 0. The molecule has 4 aromatic carbocycles. The second kappa shape index (κ2) is 6.13. The van der Waals surface area contributed by atoms with Crippen LogP contribution < -0.4 is 5.73 Å². The first-order chi connectivity index (χ1) is 13.6. The van der Waals surface area contributed by atoms with Gasteiger partial charge in [-0.2, -0.15) is 0 Å². The fourth-order valence-corrected chi connectivity index (χ4v) is 4.10. The molecule has 0 aliphatic heterocycles. The number of phenolic OH excluding ortho intramolecular Hbond substituents is 1. The van der Waals surface area contributed by atoms with Crippen molar-refractivity contribution in [3.63, 3.8) is 0 Å². The van der Waals surface area contributed by atoms with Gasteiger partial charge >= 0.3 is 0 Å². The number of aromatic nitrogens is 1. The molecule has 0 radical (unpaired) electrons. The third-order valence-corrected chi connectivity index (χ3v) is 5.37. The van der Waals surface area contributed by atoms with Gasteiger partial charge in [-0.3, -0.25) is 4.79 Å². The number of aromatic amines is 1. The molecule has 0 saturated carbocycles. The number of aromatic hydroxyl groups is 1. The highest BCUT2D eigenvalue weighted by Crippen LogP contribution is 2.37. The molecule has 0 fully saturated rings. The number of nitrogens with two attached hydrogens (primary N) is 1. The van der Waals surface area contributed by atoms with E-state index < -0.39 is 5.91 Å². The van der Waals surface area contributed by atoms with Gasteiger partial charge in [0.1, 0.15) is 5.75 Å². The Balaban J connectivity index is 1.77. The molecule has 5 rings (SSSR count). The van der Waals surface area contributed by atoms with E-state index in [0.29, 0.717) is 22.8 Å². The van der Waals surface area contributed by atoms with Crippen molar-refractivity contribution in [1.29, 1.82) is 0 Å². The molecule has 28 heavy (non-hydrogen) atoms. The summed E-state index contributed by atoms with van der Waals surface area (Å²) in [6, 6.07) is 23.6. The van der Waals surface area contributed by atoms with Crippen LogP contribution >= 0.6 is 0 Å². The molecule has 0 spiro atoms. The topological polar surface area (TPSA) is 79.1 Å². The van der Waals surface area contributed by atoms with E-state index in [1.807, 2.05) is 24.3 Å². The van der Waals surface area contributed by atoms with E-state index in [-0.39, 0.29) is 5.75 Å². The van der Waals surface area contributed by atoms with E-state index in [2.05, 4.69) is 35.3 Å². The Hall–Kier alpha value is -3.79. The van der Waals surface area contributed by atoms with Gasteiger partial charge in [0, 0.05) is 22.9 Å². The van der Waals surface area contributed by atoms with Crippen LogP contribution in [0.3, 0.4) is 0 Å². The van der Waals surface area contributed by atoms with Crippen molar-refractivity contribution in [2.24, 2.45) is 5.73 Å². The minimum atomic E-state index is -0.509. The first kappa shape index (κ1) is 16.4. The maximum Gasteiger partial charge on any atom is 0.249 e. The quantitative estimate of drug-likeness (QED) is 0.426. The Bertz CT molecular complexity index is 1380. The molecule has 4 nitrogen and oxygen atoms in total. The molecule has 0 unspecified atom stereocenters. The number of amides is 1. The van der Waals surface area contributed by atoms with Crippen molar-refractivity contribution in [2.45, 2.75) is 6.42 Å². The zero-order valence-corrected chi connectivity index (χ0v) is 15.1. The van der Waals surface area contributed by atoms with Gasteiger partial charge in [-0.05, 0) is 40.1 Å². The van der Waals surface area contributed by atoms with Crippen LogP contribution in [0.15, 0.2) is 72.8 Å². The predicted octanol–water partition coefficient (Wildman–Crippen LogP) is 4.87. The average molecular weight is 366 g/mol. The molecule has 5 aromatic rings. The lowest BCUT2D eigenvalue weighted by molar-refractivity contribution is 0.100. The Labute approximate surface area is 161 Å². The molecule has 1 aromatic heterocycles. The standard InChI is InChI=1S/C24H18N2O2/c25-24(28)18-9-4-10-19-21(18)22-20(27)12-11-16(23(22)26-19)13-15-7-3-6-14-5-1-2-8-17(14)15/h1-12,26-27H,13H2,(H2,25,28). The van der Waals surface area contributed by atoms with Gasteiger partial charge in [0.15, 0.2) is 0 Å². The second-order valence-electron chi connectivity index (χ2n) is 7.03. The lowest BCUT2D eigenvalue weighted by Gasteiger charge is -2.09. The van der Waals surface area contributed by atoms with E-state index in [0.717, 1.165) is 16.6 Å². The minimum absolute atomic E-state index is 0.136. The van der Waals surface area contributed by atoms with Gasteiger partial charge in [0.25, 0.3) is 0 Å². The van der Waals surface area contributed by atoms with Gasteiger partial charge in [0.05, 0.1) is 10.9 Å². The number of fused-ring (bicyclic) bond motifs is 4. The zero-order valence-electron chi connectivity index (χ0n) is 15.1. The highest BCUT2D eigenvalue weighted by atomic mass is 16.3. The van der Waals surface area contributed by atoms with Crippen molar-refractivity contribution in [1.82, 2.24) is 4.98 Å². The van der Waals surface area contributed by atoms with Crippen molar-refractivity contribution >= 4 is 38.5 Å². The molecule has 0 bridgehead atoms. The zero-order chi connectivity index (χ0) is 19.3. The van der Waals surface area contributed by atoms with Crippen LogP contribution in [0.5, 0.6) is 5.75 Å². The fraction of sp³-hybridized carbons (Fsp3) is 0.0417. The first-order valence-corrected chi connectivity index (χ1v) is 9.15. The third kappa shape index (κ3) is 2.42. The summed E-state index contributed by atoms with van der Waals surface area (Å²) in [4.78, 5) is 15.3. The van der Waals surface area contributed by atoms with Crippen LogP contribution in [0, 0.1) is 0 Å². The molecule has 1 heterocycles. The summed E-state index contributed by atoms with van der Waals surface area (Å²) in [5, 5.41) is 14.3. The smallest absolute Gasteiger partial charge is 0.249 e. The van der Waals surface area contributed by atoms with Crippen LogP contribution in [0.2, 0.25) is 0 Å². The van der Waals surface area contributed by atoms with Crippen molar-refractivity contribution < 1.29 is 9.90 Å². The second-order valence-corrected chi connectivity index (χ2v) is 7.03. The van der Waals surface area contributed by atoms with Crippen molar-refractivity contribution in [3.8, 4) is 5.75 Å². The highest BCUT2D eigenvalue weighted by Gasteiger charge is 2.17. The molecule has 0 atom stereocenters. The normalized spacial score (nSPS) is 11.4. The summed E-state index contributed by atoms with van der Waals surface area (Å²) >= 11 is 0. The third-order valence-electron chi connectivity index (χ3n) is 5.37. The summed E-state index contributed by atoms with van der Waals surface area (Å²) in [5.74, 6) is -0.373. The SMILES string of the molecule is NC(=O)c1cccc2[nH]c3c(Cc4cccc5ccccc45)ccc(O)c3c12. The lowest BCUT2D eigenvalue weighted by Crippen LogP contribution is -2.10. The van der Waals surface area contributed by atoms with Crippen LogP contribution in [0.25, 0.3) is 32.6 Å². The van der Waals surface area contributed by atoms with Crippen molar-refractivity contribution in [3.05, 3.63) is 89.5 Å². The maximum absolute atomic E-state index is 11.9. The van der Waals surface area contributed by atoms with Crippen LogP contribution in [0.4, 0.5) is 0 Å². The largest absolute Gasteiger partial charge is 0.507 e. The number of hydrogen-bond donors (Lipinski definition) is 3. The molecule has 0 aliphatic carbocycles. The fourth-order valence-electron chi connectivity index (χ4n) is 4.10. The van der Waals surface area contributed by atoms with E-state index in [4.69, 9.17) is 5.73 Å². The van der Waals surface area contributed by atoms with Gasteiger partial charge in [-0.15, -0.1) is 0 Å². The average Bonchev–Trinajstić information content (AvgIpc) is 3.11. The number of primary amides is 1. The predicted molar refractivity (Wildman–Crippen MR) is 113 cm³/mol. The van der Waals surface area contributed by atoms with Gasteiger partial charge in [-0.1, -0.05) is 54.6 Å². The van der Waals surface area contributed by atoms with Gasteiger partial charge < -0.3 is 15.8 Å². The van der Waals surface area contributed by atoms with Gasteiger partial charge in [-0.25, -0.2) is 0 Å². The Morgan fingerprint density at radius 1 is 0.857 bits per heavy atom. The number of phenols is 1. The molecular weight excluding hydrogens is 348 g/mol. The first-order valence-electron chi connectivity index (χ1n) is 9.15. The van der Waals surface area contributed by atoms with E-state index >= 15 is 0 Å². The number of carbonyl (C=O) groups is 1. The number of nitrogens with one attached hydrogen (secondary N) is 1. The molecule has 1 amide bonds. The lowest BCUT2D eigenvalue weighted by atomic mass is 9.96. The number of benzene rings is 4.